The minimum Gasteiger partial charge on any atom is -0.463 e. The van der Waals surface area contributed by atoms with Crippen LogP contribution in [0.4, 0.5) is 0 Å². The minimum absolute atomic E-state index is 0.312. The second kappa shape index (κ2) is 11.6. The van der Waals surface area contributed by atoms with Gasteiger partial charge < -0.3 is 4.74 Å². The van der Waals surface area contributed by atoms with Crippen molar-refractivity contribution in [3.05, 3.63) is 60.8 Å². The number of carbonyl (C=O) groups excluding carboxylic acids is 1. The van der Waals surface area contributed by atoms with Gasteiger partial charge in [-0.2, -0.15) is 0 Å². The molecule has 0 saturated carbocycles. The van der Waals surface area contributed by atoms with Crippen molar-refractivity contribution in [2.45, 2.75) is 26.7 Å². The molecule has 0 spiro atoms. The standard InChI is InChI=1S/C6H10O2.2C5H6/c1-4-8-6(7)5(2)3;2*1-2-4-5-3-1/h2,4H2,1,3H3;2*1-4H,5H2. The van der Waals surface area contributed by atoms with Crippen molar-refractivity contribution >= 4 is 5.97 Å². The van der Waals surface area contributed by atoms with Crippen LogP contribution in [-0.2, 0) is 9.53 Å². The summed E-state index contributed by atoms with van der Waals surface area (Å²) in [6.07, 6.45) is 19.0. The van der Waals surface area contributed by atoms with Crippen molar-refractivity contribution in [3.63, 3.8) is 0 Å². The van der Waals surface area contributed by atoms with Gasteiger partial charge in [0.1, 0.15) is 0 Å². The van der Waals surface area contributed by atoms with E-state index >= 15 is 0 Å². The number of hydrogen-bond donors (Lipinski definition) is 0. The summed E-state index contributed by atoms with van der Waals surface area (Å²) in [6.45, 7) is 7.21. The molecule has 2 aliphatic carbocycles. The Morgan fingerprint density at radius 2 is 1.44 bits per heavy atom. The van der Waals surface area contributed by atoms with Gasteiger partial charge in [-0.1, -0.05) is 55.2 Å². The summed E-state index contributed by atoms with van der Waals surface area (Å²) in [5.41, 5.74) is 0.451. The second-order valence-corrected chi connectivity index (χ2v) is 3.68. The molecule has 0 radical (unpaired) electrons. The molecule has 2 aliphatic rings. The molecule has 0 saturated heterocycles. The Hall–Kier alpha value is -1.83. The average molecular weight is 246 g/mol. The Labute approximate surface area is 110 Å². The van der Waals surface area contributed by atoms with Crippen LogP contribution < -0.4 is 0 Å². The molecule has 0 aliphatic heterocycles. The summed E-state index contributed by atoms with van der Waals surface area (Å²) in [5, 5.41) is 0. The lowest BCUT2D eigenvalue weighted by atomic mass is 10.4. The zero-order chi connectivity index (χ0) is 13.6. The molecule has 18 heavy (non-hydrogen) atoms. The van der Waals surface area contributed by atoms with Gasteiger partial charge in [0, 0.05) is 5.57 Å². The van der Waals surface area contributed by atoms with Crippen LogP contribution in [0, 0.1) is 0 Å². The Morgan fingerprint density at radius 3 is 1.56 bits per heavy atom. The summed E-state index contributed by atoms with van der Waals surface area (Å²) in [7, 11) is 0. The first-order chi connectivity index (χ1) is 8.68. The van der Waals surface area contributed by atoms with Crippen molar-refractivity contribution in [2.24, 2.45) is 0 Å². The lowest BCUT2D eigenvalue weighted by molar-refractivity contribution is -0.138. The van der Waals surface area contributed by atoms with Crippen LogP contribution in [0.15, 0.2) is 60.8 Å². The topological polar surface area (TPSA) is 26.3 Å². The summed E-state index contributed by atoms with van der Waals surface area (Å²) in [5.74, 6) is -0.312. The molecule has 2 heteroatoms. The number of allylic oxidation sites excluding steroid dienone is 8. The van der Waals surface area contributed by atoms with E-state index in [4.69, 9.17) is 0 Å². The van der Waals surface area contributed by atoms with Gasteiger partial charge >= 0.3 is 5.97 Å². The molecular weight excluding hydrogens is 224 g/mol. The molecule has 2 rings (SSSR count). The highest BCUT2D eigenvalue weighted by Gasteiger charge is 1.98. The maximum atomic E-state index is 10.4. The highest BCUT2D eigenvalue weighted by Crippen LogP contribution is 1.93. The predicted molar refractivity (Wildman–Crippen MR) is 77.2 cm³/mol. The molecule has 0 bridgehead atoms. The van der Waals surface area contributed by atoms with Crippen LogP contribution in [0.5, 0.6) is 0 Å². The SMILES string of the molecule is C1=CCC=C1.C1=CCC=C1.C=C(C)C(=O)OCC. The highest BCUT2D eigenvalue weighted by molar-refractivity contribution is 5.86. The molecule has 0 unspecified atom stereocenters. The van der Waals surface area contributed by atoms with E-state index in [9.17, 15) is 4.79 Å². The van der Waals surface area contributed by atoms with Gasteiger partial charge in [-0.25, -0.2) is 4.79 Å². The third kappa shape index (κ3) is 10.7. The third-order valence-electron chi connectivity index (χ3n) is 1.93. The number of hydrogen-bond acceptors (Lipinski definition) is 2. The number of esters is 1. The van der Waals surface area contributed by atoms with E-state index in [0.29, 0.717) is 12.2 Å². The van der Waals surface area contributed by atoms with Crippen molar-refractivity contribution in [1.29, 1.82) is 0 Å². The van der Waals surface area contributed by atoms with Crippen LogP contribution in [0.2, 0.25) is 0 Å². The average Bonchev–Trinajstić information content (AvgIpc) is 3.08. The lowest BCUT2D eigenvalue weighted by Crippen LogP contribution is -2.03. The van der Waals surface area contributed by atoms with E-state index in [1.54, 1.807) is 13.8 Å². The molecule has 0 aromatic carbocycles. The molecule has 0 N–H and O–H groups in total. The maximum absolute atomic E-state index is 10.4. The van der Waals surface area contributed by atoms with Crippen LogP contribution in [0.25, 0.3) is 0 Å². The van der Waals surface area contributed by atoms with Gasteiger partial charge in [-0.05, 0) is 26.7 Å². The normalized spacial score (nSPS) is 13.4. The predicted octanol–water partition coefficient (Wildman–Crippen LogP) is 4.13. The minimum atomic E-state index is -0.312. The van der Waals surface area contributed by atoms with Gasteiger partial charge in [0.2, 0.25) is 0 Å². The second-order valence-electron chi connectivity index (χ2n) is 3.68. The monoisotopic (exact) mass is 246 g/mol. The maximum Gasteiger partial charge on any atom is 0.333 e. The van der Waals surface area contributed by atoms with Gasteiger partial charge in [0.15, 0.2) is 0 Å². The van der Waals surface area contributed by atoms with E-state index in [2.05, 4.69) is 59.9 Å². The molecule has 0 aromatic heterocycles. The summed E-state index contributed by atoms with van der Waals surface area (Å²) >= 11 is 0. The smallest absolute Gasteiger partial charge is 0.333 e. The fraction of sp³-hybridized carbons (Fsp3) is 0.312. The molecule has 0 fully saturated rings. The Kier molecular flexibility index (Phi) is 10.5. The van der Waals surface area contributed by atoms with Gasteiger partial charge in [-0.3, -0.25) is 0 Å². The van der Waals surface area contributed by atoms with E-state index in [1.807, 2.05) is 0 Å². The highest BCUT2D eigenvalue weighted by atomic mass is 16.5. The Bertz CT molecular complexity index is 315. The number of ether oxygens (including phenoxy) is 1. The summed E-state index contributed by atoms with van der Waals surface area (Å²) in [4.78, 5) is 10.4. The Morgan fingerprint density at radius 1 is 1.06 bits per heavy atom. The molecule has 0 amide bonds. The fourth-order valence-corrected chi connectivity index (χ4v) is 1.04. The largest absolute Gasteiger partial charge is 0.463 e. The zero-order valence-electron chi connectivity index (χ0n) is 11.3. The third-order valence-corrected chi connectivity index (χ3v) is 1.93. The van der Waals surface area contributed by atoms with Crippen molar-refractivity contribution < 1.29 is 9.53 Å². The van der Waals surface area contributed by atoms with Crippen molar-refractivity contribution in [1.82, 2.24) is 0 Å². The molecular formula is C16H22O2. The first-order valence-electron chi connectivity index (χ1n) is 6.14. The van der Waals surface area contributed by atoms with Crippen LogP contribution >= 0.6 is 0 Å². The van der Waals surface area contributed by atoms with Crippen LogP contribution in [-0.4, -0.2) is 12.6 Å². The first kappa shape index (κ1) is 16.2. The molecule has 0 heterocycles. The van der Waals surface area contributed by atoms with Gasteiger partial charge in [0.05, 0.1) is 6.61 Å². The number of carbonyl (C=O) groups is 1. The van der Waals surface area contributed by atoms with E-state index in [0.717, 1.165) is 12.8 Å². The number of rotatable bonds is 2. The quantitative estimate of drug-likeness (QED) is 0.541. The van der Waals surface area contributed by atoms with E-state index < -0.39 is 0 Å². The van der Waals surface area contributed by atoms with Gasteiger partial charge in [0.25, 0.3) is 0 Å². The molecule has 0 aromatic rings. The van der Waals surface area contributed by atoms with E-state index in [1.165, 1.54) is 0 Å². The molecule has 0 atom stereocenters. The van der Waals surface area contributed by atoms with E-state index in [-0.39, 0.29) is 5.97 Å². The fourth-order valence-electron chi connectivity index (χ4n) is 1.04. The molecule has 98 valence electrons. The lowest BCUT2D eigenvalue weighted by Gasteiger charge is -1.96. The van der Waals surface area contributed by atoms with Crippen LogP contribution in [0.1, 0.15) is 26.7 Å². The zero-order valence-corrected chi connectivity index (χ0v) is 11.3. The van der Waals surface area contributed by atoms with Crippen molar-refractivity contribution in [3.8, 4) is 0 Å². The van der Waals surface area contributed by atoms with Gasteiger partial charge in [-0.15, -0.1) is 0 Å². The van der Waals surface area contributed by atoms with Crippen molar-refractivity contribution in [2.75, 3.05) is 6.61 Å². The summed E-state index contributed by atoms with van der Waals surface area (Å²) < 4.78 is 4.56. The molecule has 2 nitrogen and oxygen atoms in total. The first-order valence-corrected chi connectivity index (χ1v) is 6.14. The Balaban J connectivity index is 0.000000250. The summed E-state index contributed by atoms with van der Waals surface area (Å²) in [6, 6.07) is 0. The van der Waals surface area contributed by atoms with Crippen LogP contribution in [0.3, 0.4) is 0 Å².